The minimum atomic E-state index is -0.705. The van der Waals surface area contributed by atoms with Crippen LogP contribution >= 0.6 is 0 Å². The molecule has 1 saturated carbocycles. The molecular formula is C20H25FN6O. The fourth-order valence-electron chi connectivity index (χ4n) is 4.27. The molecule has 0 bridgehead atoms. The van der Waals surface area contributed by atoms with Crippen molar-refractivity contribution in [1.29, 1.82) is 0 Å². The summed E-state index contributed by atoms with van der Waals surface area (Å²) < 4.78 is 21.3. The number of likely N-dealkylation sites (tertiary alicyclic amines) is 1. The lowest BCUT2D eigenvalue weighted by atomic mass is 9.97. The van der Waals surface area contributed by atoms with Gasteiger partial charge < -0.3 is 10.5 Å². The van der Waals surface area contributed by atoms with Gasteiger partial charge in [-0.05, 0) is 50.3 Å². The van der Waals surface area contributed by atoms with Crippen LogP contribution in [0.3, 0.4) is 0 Å². The summed E-state index contributed by atoms with van der Waals surface area (Å²) in [6.45, 7) is 2.26. The highest BCUT2D eigenvalue weighted by Crippen LogP contribution is 2.36. The van der Waals surface area contributed by atoms with E-state index in [2.05, 4.69) is 15.0 Å². The predicted molar refractivity (Wildman–Crippen MR) is 105 cm³/mol. The van der Waals surface area contributed by atoms with Crippen LogP contribution < -0.4 is 10.5 Å². The molecule has 0 amide bonds. The smallest absolute Gasteiger partial charge is 0.223 e. The Kier molecular flexibility index (Phi) is 4.30. The highest BCUT2D eigenvalue weighted by atomic mass is 19.1. The molecule has 3 heterocycles. The number of nitrogen functional groups attached to an aromatic ring is 1. The van der Waals surface area contributed by atoms with Crippen LogP contribution in [0.2, 0.25) is 0 Å². The molecule has 1 saturated heterocycles. The van der Waals surface area contributed by atoms with Crippen LogP contribution in [0.15, 0.2) is 18.2 Å². The van der Waals surface area contributed by atoms with Gasteiger partial charge in [-0.1, -0.05) is 6.07 Å². The lowest BCUT2D eigenvalue weighted by molar-refractivity contribution is 0.141. The number of para-hydroxylation sites is 1. The van der Waals surface area contributed by atoms with Gasteiger partial charge in [0.25, 0.3) is 0 Å². The van der Waals surface area contributed by atoms with E-state index in [4.69, 9.17) is 15.5 Å². The summed E-state index contributed by atoms with van der Waals surface area (Å²) in [5.41, 5.74) is 7.53. The standard InChI is InChI=1S/C20H25FN6O/c1-28-16-6-2-5-14-17(16)23-20(22)27-19(14)24-18(25-27)13-4-3-9-26(10-13)11-15(21)12-7-8-12/h2,5-6,12-13,15H,3-4,7-11H2,1H3,(H2,22,23)/t13-,15+/m1/s1. The van der Waals surface area contributed by atoms with Gasteiger partial charge >= 0.3 is 0 Å². The van der Waals surface area contributed by atoms with Crippen molar-refractivity contribution in [2.24, 2.45) is 5.92 Å². The molecule has 3 aromatic rings. The zero-order chi connectivity index (χ0) is 19.3. The summed E-state index contributed by atoms with van der Waals surface area (Å²) >= 11 is 0. The molecule has 1 aliphatic carbocycles. The topological polar surface area (TPSA) is 81.6 Å². The molecule has 0 unspecified atom stereocenters. The summed E-state index contributed by atoms with van der Waals surface area (Å²) in [6, 6.07) is 5.72. The Morgan fingerprint density at radius 2 is 2.14 bits per heavy atom. The molecule has 2 aliphatic rings. The molecule has 7 nitrogen and oxygen atoms in total. The Hall–Kier alpha value is -2.48. The minimum Gasteiger partial charge on any atom is -0.494 e. The Morgan fingerprint density at radius 3 is 2.93 bits per heavy atom. The van der Waals surface area contributed by atoms with E-state index in [1.54, 1.807) is 11.6 Å². The van der Waals surface area contributed by atoms with Crippen molar-refractivity contribution in [3.05, 3.63) is 24.0 Å². The molecule has 2 N–H and O–H groups in total. The monoisotopic (exact) mass is 384 g/mol. The van der Waals surface area contributed by atoms with Crippen molar-refractivity contribution in [2.45, 2.75) is 37.8 Å². The number of hydrogen-bond acceptors (Lipinski definition) is 6. The number of methoxy groups -OCH3 is 1. The number of benzene rings is 1. The molecule has 148 valence electrons. The Labute approximate surface area is 162 Å². The number of nitrogens with two attached hydrogens (primary N) is 1. The van der Waals surface area contributed by atoms with Gasteiger partial charge in [0.05, 0.1) is 7.11 Å². The van der Waals surface area contributed by atoms with Crippen molar-refractivity contribution in [1.82, 2.24) is 24.5 Å². The van der Waals surface area contributed by atoms with Crippen LogP contribution in [0.25, 0.3) is 16.6 Å². The largest absolute Gasteiger partial charge is 0.494 e. The van der Waals surface area contributed by atoms with E-state index in [-0.39, 0.29) is 17.8 Å². The number of nitrogens with zero attached hydrogens (tertiary/aromatic N) is 5. The van der Waals surface area contributed by atoms with E-state index in [1.165, 1.54) is 0 Å². The quantitative estimate of drug-likeness (QED) is 0.728. The predicted octanol–water partition coefficient (Wildman–Crippen LogP) is 2.80. The first-order valence-corrected chi connectivity index (χ1v) is 9.99. The number of ether oxygens (including phenoxy) is 1. The van der Waals surface area contributed by atoms with Gasteiger partial charge in [0.1, 0.15) is 17.4 Å². The van der Waals surface area contributed by atoms with Gasteiger partial charge in [-0.15, -0.1) is 5.10 Å². The van der Waals surface area contributed by atoms with Gasteiger partial charge in [-0.2, -0.15) is 4.52 Å². The maximum Gasteiger partial charge on any atom is 0.223 e. The Bertz CT molecular complexity index is 1020. The molecular weight excluding hydrogens is 359 g/mol. The third kappa shape index (κ3) is 3.05. The molecule has 1 aromatic carbocycles. The van der Waals surface area contributed by atoms with Gasteiger partial charge in [0.2, 0.25) is 5.95 Å². The average molecular weight is 384 g/mol. The van der Waals surface area contributed by atoms with Crippen molar-refractivity contribution >= 4 is 22.5 Å². The SMILES string of the molecule is COc1cccc2c1nc(N)n1nc([C@@H]3CCCN(C[C@H](F)C4CC4)C3)nc21. The maximum absolute atomic E-state index is 14.3. The molecule has 0 spiro atoms. The van der Waals surface area contributed by atoms with E-state index in [0.717, 1.165) is 50.0 Å². The fourth-order valence-corrected chi connectivity index (χ4v) is 4.27. The molecule has 2 fully saturated rings. The van der Waals surface area contributed by atoms with Gasteiger partial charge in [-0.3, -0.25) is 4.90 Å². The van der Waals surface area contributed by atoms with Crippen LogP contribution in [-0.4, -0.2) is 57.4 Å². The Morgan fingerprint density at radius 1 is 1.29 bits per heavy atom. The molecule has 8 heteroatoms. The van der Waals surface area contributed by atoms with Crippen molar-refractivity contribution < 1.29 is 9.13 Å². The number of halogens is 1. The number of fused-ring (bicyclic) bond motifs is 3. The number of piperidine rings is 1. The molecule has 5 rings (SSSR count). The maximum atomic E-state index is 14.3. The van der Waals surface area contributed by atoms with E-state index in [0.29, 0.717) is 23.5 Å². The van der Waals surface area contributed by atoms with Crippen LogP contribution in [0.4, 0.5) is 10.3 Å². The van der Waals surface area contributed by atoms with E-state index >= 15 is 0 Å². The minimum absolute atomic E-state index is 0.181. The first kappa shape index (κ1) is 17.6. The van der Waals surface area contributed by atoms with Crippen molar-refractivity contribution in [3.8, 4) is 5.75 Å². The zero-order valence-corrected chi connectivity index (χ0v) is 16.0. The molecule has 0 radical (unpaired) electrons. The summed E-state index contributed by atoms with van der Waals surface area (Å²) in [5.74, 6) is 2.17. The van der Waals surface area contributed by atoms with Gasteiger partial charge in [0.15, 0.2) is 11.5 Å². The lowest BCUT2D eigenvalue weighted by Crippen LogP contribution is -2.39. The number of alkyl halides is 1. The number of anilines is 1. The normalized spacial score (nSPS) is 22.0. The summed E-state index contributed by atoms with van der Waals surface area (Å²) in [5, 5.41) is 5.52. The van der Waals surface area contributed by atoms with Crippen molar-refractivity contribution in [2.75, 3.05) is 32.5 Å². The zero-order valence-electron chi connectivity index (χ0n) is 16.0. The van der Waals surface area contributed by atoms with E-state index in [9.17, 15) is 4.39 Å². The van der Waals surface area contributed by atoms with Crippen LogP contribution in [0, 0.1) is 5.92 Å². The molecule has 1 aliphatic heterocycles. The number of aromatic nitrogens is 4. The number of rotatable bonds is 5. The van der Waals surface area contributed by atoms with Gasteiger partial charge in [-0.25, -0.2) is 14.4 Å². The Balaban J connectivity index is 1.47. The summed E-state index contributed by atoms with van der Waals surface area (Å²) in [6.07, 6.45) is 3.40. The third-order valence-corrected chi connectivity index (χ3v) is 5.96. The average Bonchev–Trinajstić information content (AvgIpc) is 3.46. The first-order chi connectivity index (χ1) is 13.6. The van der Waals surface area contributed by atoms with E-state index < -0.39 is 6.17 Å². The second kappa shape index (κ2) is 6.84. The molecule has 2 atom stereocenters. The molecule has 28 heavy (non-hydrogen) atoms. The molecule has 2 aromatic heterocycles. The second-order valence-corrected chi connectivity index (χ2v) is 7.98. The summed E-state index contributed by atoms with van der Waals surface area (Å²) in [4.78, 5) is 11.5. The van der Waals surface area contributed by atoms with Crippen LogP contribution in [0.5, 0.6) is 5.75 Å². The first-order valence-electron chi connectivity index (χ1n) is 9.99. The van der Waals surface area contributed by atoms with Crippen LogP contribution in [-0.2, 0) is 0 Å². The number of hydrogen-bond donors (Lipinski definition) is 1. The third-order valence-electron chi connectivity index (χ3n) is 5.96. The summed E-state index contributed by atoms with van der Waals surface area (Å²) in [7, 11) is 1.61. The highest BCUT2D eigenvalue weighted by Gasteiger charge is 2.34. The second-order valence-electron chi connectivity index (χ2n) is 7.98. The highest BCUT2D eigenvalue weighted by molar-refractivity contribution is 5.95. The van der Waals surface area contributed by atoms with E-state index in [1.807, 2.05) is 18.2 Å². The van der Waals surface area contributed by atoms with Gasteiger partial charge in [0, 0.05) is 24.4 Å². The lowest BCUT2D eigenvalue weighted by Gasteiger charge is -2.32. The van der Waals surface area contributed by atoms with Crippen LogP contribution in [0.1, 0.15) is 37.4 Å². The van der Waals surface area contributed by atoms with Crippen molar-refractivity contribution in [3.63, 3.8) is 0 Å². The fraction of sp³-hybridized carbons (Fsp3) is 0.550.